The molecule has 0 aromatic carbocycles. The molecular formula is C13H26N2O2S. The monoisotopic (exact) mass is 274 g/mol. The van der Waals surface area contributed by atoms with E-state index in [2.05, 4.69) is 23.1 Å². The van der Waals surface area contributed by atoms with Gasteiger partial charge in [-0.2, -0.15) is 0 Å². The molecule has 0 amide bonds. The van der Waals surface area contributed by atoms with Crippen LogP contribution in [0.15, 0.2) is 12.7 Å². The van der Waals surface area contributed by atoms with E-state index in [1.54, 1.807) is 11.8 Å². The van der Waals surface area contributed by atoms with Crippen LogP contribution in [-0.4, -0.2) is 56.3 Å². The summed E-state index contributed by atoms with van der Waals surface area (Å²) in [7, 11) is 0. The average molecular weight is 274 g/mol. The zero-order chi connectivity index (χ0) is 13.1. The highest BCUT2D eigenvalue weighted by Gasteiger charge is 2.14. The molecule has 1 rings (SSSR count). The van der Waals surface area contributed by atoms with Crippen molar-refractivity contribution < 1.29 is 9.47 Å². The standard InChI is InChI=1S/C13H26N2O2S/c1-3-7-15(11-14-12-18-2)8-10-17-13-6-4-5-9-16-13/h3,13-14H,1,4-12H2,2H3. The molecule has 1 saturated heterocycles. The Bertz CT molecular complexity index is 211. The van der Waals surface area contributed by atoms with Crippen molar-refractivity contribution in [3.05, 3.63) is 12.7 Å². The minimum absolute atomic E-state index is 0.0171. The first kappa shape index (κ1) is 16.0. The van der Waals surface area contributed by atoms with Crippen LogP contribution in [0.25, 0.3) is 0 Å². The fourth-order valence-corrected chi connectivity index (χ4v) is 2.17. The van der Waals surface area contributed by atoms with Crippen LogP contribution in [-0.2, 0) is 9.47 Å². The molecule has 1 aliphatic rings. The Labute approximate surface area is 115 Å². The van der Waals surface area contributed by atoms with Crippen LogP contribution in [0, 0.1) is 0 Å². The van der Waals surface area contributed by atoms with Crippen molar-refractivity contribution in [3.8, 4) is 0 Å². The maximum Gasteiger partial charge on any atom is 0.157 e. The number of hydrogen-bond donors (Lipinski definition) is 1. The van der Waals surface area contributed by atoms with Crippen LogP contribution in [0.5, 0.6) is 0 Å². The summed E-state index contributed by atoms with van der Waals surface area (Å²) in [6, 6.07) is 0. The van der Waals surface area contributed by atoms with Gasteiger partial charge in [0.15, 0.2) is 6.29 Å². The fraction of sp³-hybridized carbons (Fsp3) is 0.846. The van der Waals surface area contributed by atoms with Crippen molar-refractivity contribution in [1.29, 1.82) is 0 Å². The van der Waals surface area contributed by atoms with Gasteiger partial charge in [-0.1, -0.05) is 6.08 Å². The third kappa shape index (κ3) is 7.38. The van der Waals surface area contributed by atoms with E-state index in [1.807, 2.05) is 6.08 Å². The minimum atomic E-state index is 0.0171. The lowest BCUT2D eigenvalue weighted by Crippen LogP contribution is -2.37. The van der Waals surface area contributed by atoms with Gasteiger partial charge in [-0.15, -0.1) is 18.3 Å². The lowest BCUT2D eigenvalue weighted by Gasteiger charge is -2.25. The summed E-state index contributed by atoms with van der Waals surface area (Å²) in [6.07, 6.45) is 7.46. The normalized spacial score (nSPS) is 20.2. The second-order valence-electron chi connectivity index (χ2n) is 4.37. The Morgan fingerprint density at radius 3 is 3.11 bits per heavy atom. The lowest BCUT2D eigenvalue weighted by molar-refractivity contribution is -0.164. The van der Waals surface area contributed by atoms with E-state index in [-0.39, 0.29) is 6.29 Å². The van der Waals surface area contributed by atoms with Crippen LogP contribution in [0.1, 0.15) is 19.3 Å². The Hall–Kier alpha value is -0.0700. The van der Waals surface area contributed by atoms with Crippen molar-refractivity contribution in [2.75, 3.05) is 45.1 Å². The first-order valence-corrected chi connectivity index (χ1v) is 8.02. The number of rotatable bonds is 10. The third-order valence-corrected chi connectivity index (χ3v) is 3.31. The molecule has 1 unspecified atom stereocenters. The Balaban J connectivity index is 2.09. The summed E-state index contributed by atoms with van der Waals surface area (Å²) < 4.78 is 11.3. The van der Waals surface area contributed by atoms with Crippen molar-refractivity contribution in [2.24, 2.45) is 0 Å². The molecule has 1 fully saturated rings. The zero-order valence-corrected chi connectivity index (χ0v) is 12.2. The quantitative estimate of drug-likeness (QED) is 0.374. The van der Waals surface area contributed by atoms with Crippen LogP contribution in [0.2, 0.25) is 0 Å². The number of nitrogens with zero attached hydrogens (tertiary/aromatic N) is 1. The van der Waals surface area contributed by atoms with Gasteiger partial charge in [-0.3, -0.25) is 10.2 Å². The predicted molar refractivity (Wildman–Crippen MR) is 77.7 cm³/mol. The van der Waals surface area contributed by atoms with Crippen LogP contribution < -0.4 is 5.32 Å². The molecule has 0 aliphatic carbocycles. The SMILES string of the molecule is C=CCN(CCOC1CCCCO1)CNCSC. The van der Waals surface area contributed by atoms with Gasteiger partial charge in [0.1, 0.15) is 0 Å². The van der Waals surface area contributed by atoms with Crippen molar-refractivity contribution in [1.82, 2.24) is 10.2 Å². The summed E-state index contributed by atoms with van der Waals surface area (Å²) in [6.45, 7) is 8.02. The van der Waals surface area contributed by atoms with Crippen molar-refractivity contribution in [2.45, 2.75) is 25.6 Å². The molecule has 1 atom stereocenters. The second-order valence-corrected chi connectivity index (χ2v) is 5.24. The summed E-state index contributed by atoms with van der Waals surface area (Å²) in [5.74, 6) is 0.972. The number of thioether (sulfide) groups is 1. The summed E-state index contributed by atoms with van der Waals surface area (Å²) in [5.41, 5.74) is 0. The Morgan fingerprint density at radius 2 is 2.44 bits per heavy atom. The van der Waals surface area contributed by atoms with Crippen molar-refractivity contribution >= 4 is 11.8 Å². The van der Waals surface area contributed by atoms with Gasteiger partial charge >= 0.3 is 0 Å². The third-order valence-electron chi connectivity index (χ3n) is 2.82. The van der Waals surface area contributed by atoms with Gasteiger partial charge in [0.05, 0.1) is 6.61 Å². The van der Waals surface area contributed by atoms with E-state index in [0.717, 1.165) is 45.3 Å². The minimum Gasteiger partial charge on any atom is -0.353 e. The highest BCUT2D eigenvalue weighted by molar-refractivity contribution is 7.98. The van der Waals surface area contributed by atoms with Crippen molar-refractivity contribution in [3.63, 3.8) is 0 Å². The van der Waals surface area contributed by atoms with Gasteiger partial charge in [-0.05, 0) is 25.5 Å². The summed E-state index contributed by atoms with van der Waals surface area (Å²) >= 11 is 1.79. The Kier molecular flexibility index (Phi) is 9.61. The van der Waals surface area contributed by atoms with E-state index < -0.39 is 0 Å². The van der Waals surface area contributed by atoms with E-state index in [4.69, 9.17) is 9.47 Å². The molecule has 0 spiro atoms. The smallest absolute Gasteiger partial charge is 0.157 e. The molecule has 1 aliphatic heterocycles. The van der Waals surface area contributed by atoms with E-state index >= 15 is 0 Å². The first-order valence-electron chi connectivity index (χ1n) is 6.63. The molecule has 1 heterocycles. The zero-order valence-electron chi connectivity index (χ0n) is 11.4. The fourth-order valence-electron chi connectivity index (χ4n) is 1.88. The molecule has 0 aromatic heterocycles. The molecular weight excluding hydrogens is 248 g/mol. The van der Waals surface area contributed by atoms with Gasteiger partial charge in [0, 0.05) is 32.2 Å². The first-order chi connectivity index (χ1) is 8.86. The highest BCUT2D eigenvalue weighted by Crippen LogP contribution is 2.13. The number of nitrogens with one attached hydrogen (secondary N) is 1. The largest absolute Gasteiger partial charge is 0.353 e. The van der Waals surface area contributed by atoms with E-state index in [0.29, 0.717) is 0 Å². The molecule has 1 N–H and O–H groups in total. The molecule has 0 aromatic rings. The van der Waals surface area contributed by atoms with Gasteiger partial charge in [0.25, 0.3) is 0 Å². The molecule has 0 saturated carbocycles. The predicted octanol–water partition coefficient (Wildman–Crippen LogP) is 1.89. The molecule has 0 bridgehead atoms. The van der Waals surface area contributed by atoms with Crippen LogP contribution in [0.4, 0.5) is 0 Å². The lowest BCUT2D eigenvalue weighted by atomic mass is 10.2. The maximum atomic E-state index is 5.73. The number of ether oxygens (including phenoxy) is 2. The van der Waals surface area contributed by atoms with E-state index in [1.165, 1.54) is 12.8 Å². The molecule has 18 heavy (non-hydrogen) atoms. The van der Waals surface area contributed by atoms with Gasteiger partial charge in [0.2, 0.25) is 0 Å². The highest BCUT2D eigenvalue weighted by atomic mass is 32.2. The molecule has 5 heteroatoms. The average Bonchev–Trinajstić information content (AvgIpc) is 2.40. The number of hydrogen-bond acceptors (Lipinski definition) is 5. The summed E-state index contributed by atoms with van der Waals surface area (Å²) in [4.78, 5) is 2.28. The van der Waals surface area contributed by atoms with Crippen LogP contribution in [0.3, 0.4) is 0 Å². The molecule has 106 valence electrons. The summed E-state index contributed by atoms with van der Waals surface area (Å²) in [5, 5.41) is 3.36. The van der Waals surface area contributed by atoms with Crippen LogP contribution >= 0.6 is 11.8 Å². The van der Waals surface area contributed by atoms with E-state index in [9.17, 15) is 0 Å². The maximum absolute atomic E-state index is 5.73. The van der Waals surface area contributed by atoms with Gasteiger partial charge in [-0.25, -0.2) is 0 Å². The molecule has 0 radical (unpaired) electrons. The second kappa shape index (κ2) is 10.8. The van der Waals surface area contributed by atoms with Gasteiger partial charge < -0.3 is 9.47 Å². The molecule has 4 nitrogen and oxygen atoms in total. The topological polar surface area (TPSA) is 33.7 Å². The Morgan fingerprint density at radius 1 is 1.56 bits per heavy atom.